The Morgan fingerprint density at radius 3 is 2.76 bits per heavy atom. The number of anilines is 1. The number of hydrogen-bond donors (Lipinski definition) is 1. The van der Waals surface area contributed by atoms with Crippen LogP contribution in [0.3, 0.4) is 0 Å². The average molecular weight is 308 g/mol. The molecule has 1 aliphatic carbocycles. The van der Waals surface area contributed by atoms with Crippen molar-refractivity contribution in [3.63, 3.8) is 0 Å². The molecule has 1 aliphatic heterocycles. The molecule has 21 heavy (non-hydrogen) atoms. The van der Waals surface area contributed by atoms with Crippen molar-refractivity contribution in [2.45, 2.75) is 45.2 Å². The van der Waals surface area contributed by atoms with E-state index >= 15 is 0 Å². The third kappa shape index (κ3) is 2.96. The van der Waals surface area contributed by atoms with Crippen LogP contribution in [-0.2, 0) is 6.42 Å². The molecular weight excluding hydrogens is 280 g/mol. The second-order valence-electron chi connectivity index (χ2n) is 7.55. The second-order valence-corrected chi connectivity index (χ2v) is 8.55. The van der Waals surface area contributed by atoms with Crippen molar-refractivity contribution in [1.29, 1.82) is 0 Å². The minimum absolute atomic E-state index is 0.350. The van der Waals surface area contributed by atoms with Crippen LogP contribution in [0.4, 0.5) is 5.13 Å². The van der Waals surface area contributed by atoms with Gasteiger partial charge in [-0.05, 0) is 45.8 Å². The largest absolute Gasteiger partial charge is 0.346 e. The first-order valence-electron chi connectivity index (χ1n) is 7.98. The Labute approximate surface area is 132 Å². The van der Waals surface area contributed by atoms with Crippen molar-refractivity contribution >= 4 is 16.5 Å². The minimum Gasteiger partial charge on any atom is -0.346 e. The fourth-order valence-corrected chi connectivity index (χ4v) is 4.85. The van der Waals surface area contributed by atoms with E-state index in [9.17, 15) is 0 Å². The number of thiazole rings is 1. The Morgan fingerprint density at radius 2 is 2.14 bits per heavy atom. The van der Waals surface area contributed by atoms with Crippen LogP contribution in [0.2, 0.25) is 0 Å². The van der Waals surface area contributed by atoms with E-state index < -0.39 is 0 Å². The Hall–Kier alpha value is -0.650. The lowest BCUT2D eigenvalue weighted by Crippen LogP contribution is -2.31. The SMILES string of the molecule is CNC1CC(C)(C)Cc2nc(N3CCC(N(C)C)C3)sc21. The molecule has 1 saturated heterocycles. The number of aromatic nitrogens is 1. The molecule has 1 fully saturated rings. The lowest BCUT2D eigenvalue weighted by Gasteiger charge is -2.34. The molecule has 0 bridgehead atoms. The van der Waals surface area contributed by atoms with Crippen LogP contribution in [0.1, 0.15) is 43.3 Å². The number of hydrogen-bond acceptors (Lipinski definition) is 5. The third-order valence-electron chi connectivity index (χ3n) is 4.95. The van der Waals surface area contributed by atoms with Crippen molar-refractivity contribution in [3.8, 4) is 0 Å². The quantitative estimate of drug-likeness (QED) is 0.930. The highest BCUT2D eigenvalue weighted by Crippen LogP contribution is 2.45. The molecule has 118 valence electrons. The van der Waals surface area contributed by atoms with E-state index in [0.29, 0.717) is 17.5 Å². The Kier molecular flexibility index (Phi) is 4.01. The zero-order chi connectivity index (χ0) is 15.2. The summed E-state index contributed by atoms with van der Waals surface area (Å²) in [5.74, 6) is 0. The molecule has 0 radical (unpaired) electrons. The van der Waals surface area contributed by atoms with Crippen molar-refractivity contribution < 1.29 is 0 Å². The maximum absolute atomic E-state index is 5.01. The molecule has 2 heterocycles. The maximum atomic E-state index is 5.01. The summed E-state index contributed by atoms with van der Waals surface area (Å²) in [5.41, 5.74) is 1.68. The van der Waals surface area contributed by atoms with Crippen molar-refractivity contribution in [1.82, 2.24) is 15.2 Å². The fourth-order valence-electron chi connectivity index (χ4n) is 3.63. The van der Waals surface area contributed by atoms with E-state index in [1.165, 1.54) is 28.5 Å². The summed E-state index contributed by atoms with van der Waals surface area (Å²) < 4.78 is 0. The van der Waals surface area contributed by atoms with Crippen LogP contribution in [0.15, 0.2) is 0 Å². The van der Waals surface area contributed by atoms with Gasteiger partial charge < -0.3 is 15.1 Å². The number of rotatable bonds is 3. The van der Waals surface area contributed by atoms with Gasteiger partial charge in [0.15, 0.2) is 5.13 Å². The predicted molar refractivity (Wildman–Crippen MR) is 90.3 cm³/mol. The molecule has 0 amide bonds. The normalized spacial score (nSPS) is 28.2. The molecule has 1 aromatic rings. The Balaban J connectivity index is 1.83. The van der Waals surface area contributed by atoms with Crippen LogP contribution >= 0.6 is 11.3 Å². The van der Waals surface area contributed by atoms with Gasteiger partial charge in [-0.25, -0.2) is 4.98 Å². The summed E-state index contributed by atoms with van der Waals surface area (Å²) in [6.07, 6.45) is 3.57. The summed E-state index contributed by atoms with van der Waals surface area (Å²) in [7, 11) is 6.44. The van der Waals surface area contributed by atoms with Gasteiger partial charge in [-0.2, -0.15) is 0 Å². The first-order valence-corrected chi connectivity index (χ1v) is 8.79. The molecule has 2 aliphatic rings. The number of likely N-dealkylation sites (N-methyl/N-ethyl adjacent to an activating group) is 1. The van der Waals surface area contributed by atoms with Crippen molar-refractivity contribution in [2.24, 2.45) is 5.41 Å². The smallest absolute Gasteiger partial charge is 0.185 e. The van der Waals surface area contributed by atoms with Gasteiger partial charge >= 0.3 is 0 Å². The summed E-state index contributed by atoms with van der Waals surface area (Å²) in [5, 5.41) is 4.73. The van der Waals surface area contributed by atoms with Gasteiger partial charge in [0, 0.05) is 30.1 Å². The molecule has 0 saturated carbocycles. The van der Waals surface area contributed by atoms with Gasteiger partial charge in [-0.1, -0.05) is 25.2 Å². The predicted octanol–water partition coefficient (Wildman–Crippen LogP) is 2.52. The highest BCUT2D eigenvalue weighted by Gasteiger charge is 2.36. The molecule has 1 aromatic heterocycles. The Morgan fingerprint density at radius 1 is 1.38 bits per heavy atom. The van der Waals surface area contributed by atoms with E-state index in [0.717, 1.165) is 19.5 Å². The summed E-state index contributed by atoms with van der Waals surface area (Å²) in [4.78, 5) is 11.3. The van der Waals surface area contributed by atoms with Crippen LogP contribution in [0.5, 0.6) is 0 Å². The molecule has 3 rings (SSSR count). The minimum atomic E-state index is 0.350. The average Bonchev–Trinajstić information content (AvgIpc) is 3.01. The molecule has 0 spiro atoms. The van der Waals surface area contributed by atoms with Crippen LogP contribution in [-0.4, -0.2) is 50.2 Å². The Bertz CT molecular complexity index is 508. The standard InChI is InChI=1S/C16H28N4S/c1-16(2)8-12(17-3)14-13(9-16)18-15(21-14)20-7-6-11(10-20)19(4)5/h11-12,17H,6-10H2,1-5H3. The fraction of sp³-hybridized carbons (Fsp3) is 0.812. The highest BCUT2D eigenvalue weighted by atomic mass is 32.1. The van der Waals surface area contributed by atoms with Gasteiger partial charge in [-0.3, -0.25) is 0 Å². The maximum Gasteiger partial charge on any atom is 0.185 e. The number of nitrogens with zero attached hydrogens (tertiary/aromatic N) is 3. The zero-order valence-electron chi connectivity index (χ0n) is 13.9. The molecule has 2 atom stereocenters. The molecule has 5 heteroatoms. The topological polar surface area (TPSA) is 31.4 Å². The summed E-state index contributed by atoms with van der Waals surface area (Å²) in [6, 6.07) is 1.14. The highest BCUT2D eigenvalue weighted by molar-refractivity contribution is 7.15. The van der Waals surface area contributed by atoms with E-state index in [1.54, 1.807) is 0 Å². The van der Waals surface area contributed by atoms with Crippen LogP contribution in [0, 0.1) is 5.41 Å². The monoisotopic (exact) mass is 308 g/mol. The molecule has 2 unspecified atom stereocenters. The van der Waals surface area contributed by atoms with Crippen molar-refractivity contribution in [2.75, 3.05) is 39.1 Å². The van der Waals surface area contributed by atoms with Gasteiger partial charge in [0.25, 0.3) is 0 Å². The molecule has 0 aromatic carbocycles. The van der Waals surface area contributed by atoms with E-state index in [1.807, 2.05) is 11.3 Å². The third-order valence-corrected chi connectivity index (χ3v) is 6.22. The van der Waals surface area contributed by atoms with Gasteiger partial charge in [0.05, 0.1) is 5.69 Å². The van der Waals surface area contributed by atoms with Gasteiger partial charge in [-0.15, -0.1) is 0 Å². The lowest BCUT2D eigenvalue weighted by atomic mass is 9.76. The van der Waals surface area contributed by atoms with Crippen LogP contribution in [0.25, 0.3) is 0 Å². The summed E-state index contributed by atoms with van der Waals surface area (Å²) in [6.45, 7) is 6.98. The van der Waals surface area contributed by atoms with Crippen LogP contribution < -0.4 is 10.2 Å². The second kappa shape index (κ2) is 5.52. The first-order chi connectivity index (χ1) is 9.89. The van der Waals surface area contributed by atoms with E-state index in [4.69, 9.17) is 4.98 Å². The lowest BCUT2D eigenvalue weighted by molar-refractivity contribution is 0.265. The van der Waals surface area contributed by atoms with E-state index in [-0.39, 0.29) is 0 Å². The number of nitrogens with one attached hydrogen (secondary N) is 1. The molecule has 4 nitrogen and oxygen atoms in total. The number of fused-ring (bicyclic) bond motifs is 1. The summed E-state index contributed by atoms with van der Waals surface area (Å²) >= 11 is 1.91. The van der Waals surface area contributed by atoms with Gasteiger partial charge in [0.2, 0.25) is 0 Å². The van der Waals surface area contributed by atoms with E-state index in [2.05, 4.69) is 50.1 Å². The molecular formula is C16H28N4S. The van der Waals surface area contributed by atoms with Gasteiger partial charge in [0.1, 0.15) is 0 Å². The first kappa shape index (κ1) is 15.3. The van der Waals surface area contributed by atoms with Crippen molar-refractivity contribution in [3.05, 3.63) is 10.6 Å². The zero-order valence-corrected chi connectivity index (χ0v) is 14.8. The molecule has 1 N–H and O–H groups in total.